The van der Waals surface area contributed by atoms with Gasteiger partial charge in [-0.2, -0.15) is 0 Å². The highest BCUT2D eigenvalue weighted by Crippen LogP contribution is 2.33. The van der Waals surface area contributed by atoms with Crippen molar-refractivity contribution < 1.29 is 17.9 Å². The Morgan fingerprint density at radius 1 is 1.17 bits per heavy atom. The predicted octanol–water partition coefficient (Wildman–Crippen LogP) is 3.21. The number of aliphatic hydroxyl groups is 1. The van der Waals surface area contributed by atoms with Crippen LogP contribution < -0.4 is 4.72 Å². The summed E-state index contributed by atoms with van der Waals surface area (Å²) in [4.78, 5) is 0.527. The van der Waals surface area contributed by atoms with Crippen molar-refractivity contribution in [3.05, 3.63) is 75.8 Å². The summed E-state index contributed by atoms with van der Waals surface area (Å²) in [6, 6.07) is 12.9. The second-order valence-electron chi connectivity index (χ2n) is 5.07. The molecule has 3 aromatic rings. The topological polar surface area (TPSA) is 79.5 Å². The van der Waals surface area contributed by atoms with Crippen LogP contribution >= 0.6 is 22.9 Å². The minimum atomic E-state index is -3.89. The maximum atomic E-state index is 12.5. The van der Waals surface area contributed by atoms with Crippen LogP contribution in [0.15, 0.2) is 69.5 Å². The van der Waals surface area contributed by atoms with Crippen LogP contribution in [-0.4, -0.2) is 20.1 Å². The van der Waals surface area contributed by atoms with Crippen LogP contribution in [-0.2, 0) is 15.6 Å². The molecular weight excluding hydrogens is 370 g/mol. The van der Waals surface area contributed by atoms with E-state index in [0.29, 0.717) is 4.88 Å². The third-order valence-electron chi connectivity index (χ3n) is 3.50. The van der Waals surface area contributed by atoms with Crippen LogP contribution in [0.2, 0.25) is 5.02 Å². The molecule has 2 heterocycles. The zero-order valence-electron chi connectivity index (χ0n) is 12.3. The first kappa shape index (κ1) is 17.2. The SMILES string of the molecule is O=S(=O)(NCC(O)(c1ccco1)c1cccs1)c1ccccc1Cl. The van der Waals surface area contributed by atoms with Crippen LogP contribution in [0.25, 0.3) is 0 Å². The third-order valence-corrected chi connectivity index (χ3v) is 6.42. The van der Waals surface area contributed by atoms with Gasteiger partial charge in [0.2, 0.25) is 10.0 Å². The first-order valence-corrected chi connectivity index (χ1v) is 9.72. The van der Waals surface area contributed by atoms with Crippen LogP contribution in [0, 0.1) is 0 Å². The highest BCUT2D eigenvalue weighted by atomic mass is 35.5. The minimum Gasteiger partial charge on any atom is -0.466 e. The van der Waals surface area contributed by atoms with Gasteiger partial charge in [0.15, 0.2) is 5.60 Å². The Morgan fingerprint density at radius 3 is 2.58 bits per heavy atom. The molecule has 1 atom stereocenters. The molecule has 0 saturated carbocycles. The summed E-state index contributed by atoms with van der Waals surface area (Å²) in [5, 5.41) is 13.0. The zero-order chi connectivity index (χ0) is 17.2. The molecular formula is C16H14ClNO4S2. The molecule has 0 aliphatic heterocycles. The van der Waals surface area contributed by atoms with Crippen LogP contribution in [0.4, 0.5) is 0 Å². The summed E-state index contributed by atoms with van der Waals surface area (Å²) in [7, 11) is -3.89. The van der Waals surface area contributed by atoms with E-state index in [2.05, 4.69) is 4.72 Å². The van der Waals surface area contributed by atoms with Gasteiger partial charge < -0.3 is 9.52 Å². The molecule has 8 heteroatoms. The number of nitrogens with one attached hydrogen (secondary N) is 1. The molecule has 0 aliphatic carbocycles. The molecule has 3 rings (SSSR count). The van der Waals surface area contributed by atoms with E-state index in [9.17, 15) is 13.5 Å². The average molecular weight is 384 g/mol. The van der Waals surface area contributed by atoms with Gasteiger partial charge in [-0.1, -0.05) is 29.8 Å². The second-order valence-corrected chi connectivity index (χ2v) is 8.16. The quantitative estimate of drug-likeness (QED) is 0.685. The van der Waals surface area contributed by atoms with E-state index in [4.69, 9.17) is 16.0 Å². The third kappa shape index (κ3) is 3.26. The van der Waals surface area contributed by atoms with Gasteiger partial charge in [0.05, 0.1) is 17.8 Å². The van der Waals surface area contributed by atoms with Crippen molar-refractivity contribution in [2.24, 2.45) is 0 Å². The number of furan rings is 1. The lowest BCUT2D eigenvalue weighted by Crippen LogP contribution is -2.41. The summed E-state index contributed by atoms with van der Waals surface area (Å²) in [5.41, 5.74) is -1.61. The van der Waals surface area contributed by atoms with E-state index in [-0.39, 0.29) is 22.2 Å². The fourth-order valence-corrected chi connectivity index (χ4v) is 4.67. The summed E-state index contributed by atoms with van der Waals surface area (Å²) in [5.74, 6) is 0.256. The summed E-state index contributed by atoms with van der Waals surface area (Å²) < 4.78 is 32.7. The number of benzene rings is 1. The van der Waals surface area contributed by atoms with E-state index in [1.54, 1.807) is 41.8 Å². The fraction of sp³-hybridized carbons (Fsp3) is 0.125. The van der Waals surface area contributed by atoms with Gasteiger partial charge in [0, 0.05) is 4.88 Å². The number of sulfonamides is 1. The highest BCUT2D eigenvalue weighted by molar-refractivity contribution is 7.89. The van der Waals surface area contributed by atoms with Crippen molar-refractivity contribution in [1.29, 1.82) is 0 Å². The Hall–Kier alpha value is -1.64. The molecule has 0 saturated heterocycles. The molecule has 0 radical (unpaired) electrons. The van der Waals surface area contributed by atoms with Crippen LogP contribution in [0.5, 0.6) is 0 Å². The average Bonchev–Trinajstić information content (AvgIpc) is 3.26. The summed E-state index contributed by atoms with van der Waals surface area (Å²) in [6.07, 6.45) is 1.43. The number of rotatable bonds is 6. The molecule has 2 N–H and O–H groups in total. The molecule has 0 spiro atoms. The molecule has 1 aromatic carbocycles. The Balaban J connectivity index is 1.92. The second kappa shape index (κ2) is 6.70. The minimum absolute atomic E-state index is 0.0420. The molecule has 2 aromatic heterocycles. The maximum absolute atomic E-state index is 12.5. The van der Waals surface area contributed by atoms with Gasteiger partial charge >= 0.3 is 0 Å². The van der Waals surface area contributed by atoms with Crippen LogP contribution in [0.3, 0.4) is 0 Å². The Morgan fingerprint density at radius 2 is 1.96 bits per heavy atom. The smallest absolute Gasteiger partial charge is 0.242 e. The molecule has 1 unspecified atom stereocenters. The highest BCUT2D eigenvalue weighted by Gasteiger charge is 2.37. The van der Waals surface area contributed by atoms with E-state index < -0.39 is 15.6 Å². The summed E-state index contributed by atoms with van der Waals surface area (Å²) >= 11 is 7.27. The Kier molecular flexibility index (Phi) is 4.80. The molecule has 0 bridgehead atoms. The van der Waals surface area contributed by atoms with Crippen molar-refractivity contribution in [3.8, 4) is 0 Å². The molecule has 0 fully saturated rings. The van der Waals surface area contributed by atoms with Crippen molar-refractivity contribution >= 4 is 33.0 Å². The van der Waals surface area contributed by atoms with Gasteiger partial charge in [0.1, 0.15) is 10.7 Å². The lowest BCUT2D eigenvalue weighted by atomic mass is 9.99. The van der Waals surface area contributed by atoms with Crippen molar-refractivity contribution in [2.75, 3.05) is 6.54 Å². The molecule has 126 valence electrons. The van der Waals surface area contributed by atoms with Crippen molar-refractivity contribution in [1.82, 2.24) is 4.72 Å². The first-order chi connectivity index (χ1) is 11.4. The van der Waals surface area contributed by atoms with Gasteiger partial charge in [-0.3, -0.25) is 0 Å². The van der Waals surface area contributed by atoms with E-state index in [0.717, 1.165) is 0 Å². The van der Waals surface area contributed by atoms with E-state index in [1.165, 1.54) is 29.7 Å². The van der Waals surface area contributed by atoms with Crippen LogP contribution in [0.1, 0.15) is 10.6 Å². The first-order valence-electron chi connectivity index (χ1n) is 6.98. The maximum Gasteiger partial charge on any atom is 0.242 e. The van der Waals surface area contributed by atoms with Gasteiger partial charge in [-0.15, -0.1) is 11.3 Å². The van der Waals surface area contributed by atoms with Gasteiger partial charge in [-0.25, -0.2) is 13.1 Å². The van der Waals surface area contributed by atoms with Gasteiger partial charge in [-0.05, 0) is 35.7 Å². The zero-order valence-corrected chi connectivity index (χ0v) is 14.7. The largest absolute Gasteiger partial charge is 0.466 e. The number of halogens is 1. The van der Waals surface area contributed by atoms with Crippen molar-refractivity contribution in [3.63, 3.8) is 0 Å². The summed E-state index contributed by atoms with van der Waals surface area (Å²) in [6.45, 7) is -0.283. The fourth-order valence-electron chi connectivity index (χ4n) is 2.26. The Labute approximate surface area is 148 Å². The monoisotopic (exact) mass is 383 g/mol. The Bertz CT molecular complexity index is 871. The lowest BCUT2D eigenvalue weighted by molar-refractivity contribution is 0.0655. The number of hydrogen-bond donors (Lipinski definition) is 2. The van der Waals surface area contributed by atoms with Crippen molar-refractivity contribution in [2.45, 2.75) is 10.5 Å². The molecule has 24 heavy (non-hydrogen) atoms. The standard InChI is InChI=1S/C16H14ClNO4S2/c17-12-5-1-2-6-13(12)24(20,21)18-11-16(19,14-7-3-9-22-14)15-8-4-10-23-15/h1-10,18-19H,11H2. The van der Waals surface area contributed by atoms with Gasteiger partial charge in [0.25, 0.3) is 0 Å². The molecule has 0 amide bonds. The normalized spacial score (nSPS) is 14.4. The molecule has 0 aliphatic rings. The van der Waals surface area contributed by atoms with E-state index >= 15 is 0 Å². The molecule has 5 nitrogen and oxygen atoms in total. The lowest BCUT2D eigenvalue weighted by Gasteiger charge is -2.25. The van der Waals surface area contributed by atoms with E-state index in [1.807, 2.05) is 0 Å². The number of hydrogen-bond acceptors (Lipinski definition) is 5. The predicted molar refractivity (Wildman–Crippen MR) is 92.7 cm³/mol. The number of thiophene rings is 1.